The molecule has 1 aliphatic carbocycles. The van der Waals surface area contributed by atoms with E-state index in [0.717, 1.165) is 45.4 Å². The molecule has 0 bridgehead atoms. The molecule has 1 aliphatic heterocycles. The molecule has 0 aromatic carbocycles. The Morgan fingerprint density at radius 3 is 2.71 bits per heavy atom. The Bertz CT molecular complexity index is 328. The molecule has 0 aromatic heterocycles. The van der Waals surface area contributed by atoms with Gasteiger partial charge >= 0.3 is 5.97 Å². The molecule has 0 radical (unpaired) electrons. The van der Waals surface area contributed by atoms with E-state index in [4.69, 9.17) is 4.74 Å². The van der Waals surface area contributed by atoms with Crippen molar-refractivity contribution in [3.8, 4) is 0 Å². The van der Waals surface area contributed by atoms with Crippen molar-refractivity contribution in [1.29, 1.82) is 0 Å². The second kappa shape index (κ2) is 8.14. The van der Waals surface area contributed by atoms with Gasteiger partial charge in [0.2, 0.25) is 0 Å². The molecule has 0 aromatic rings. The molecule has 2 fully saturated rings. The van der Waals surface area contributed by atoms with Crippen molar-refractivity contribution in [2.45, 2.75) is 57.9 Å². The maximum Gasteiger partial charge on any atom is 0.308 e. The van der Waals surface area contributed by atoms with Crippen LogP contribution in [0.2, 0.25) is 0 Å². The highest BCUT2D eigenvalue weighted by Gasteiger charge is 2.37. The van der Waals surface area contributed by atoms with Gasteiger partial charge in [-0.15, -0.1) is 0 Å². The van der Waals surface area contributed by atoms with E-state index in [9.17, 15) is 9.90 Å². The molecule has 4 atom stereocenters. The Balaban J connectivity index is 1.94. The third-order valence-corrected chi connectivity index (χ3v) is 5.31. The van der Waals surface area contributed by atoms with E-state index in [1.807, 2.05) is 0 Å². The van der Waals surface area contributed by atoms with Gasteiger partial charge in [-0.1, -0.05) is 19.8 Å². The molecular weight excluding hydrogens is 266 g/mol. The fourth-order valence-corrected chi connectivity index (χ4v) is 4.17. The molecule has 1 heterocycles. The number of carbonyl (C=O) groups is 1. The maximum absolute atomic E-state index is 11.6. The molecular formula is C17H31NO3. The van der Waals surface area contributed by atoms with Crippen molar-refractivity contribution in [1.82, 2.24) is 4.90 Å². The minimum atomic E-state index is -0.610. The summed E-state index contributed by atoms with van der Waals surface area (Å²) >= 11 is 0. The molecule has 0 amide bonds. The van der Waals surface area contributed by atoms with Crippen molar-refractivity contribution in [2.24, 2.45) is 17.8 Å². The fraction of sp³-hybridized carbons (Fsp3) is 0.941. The first-order valence-corrected chi connectivity index (χ1v) is 8.62. The van der Waals surface area contributed by atoms with Crippen molar-refractivity contribution >= 4 is 5.97 Å². The van der Waals surface area contributed by atoms with Gasteiger partial charge in [-0.05, 0) is 51.0 Å². The average Bonchev–Trinajstić information content (AvgIpc) is 2.48. The summed E-state index contributed by atoms with van der Waals surface area (Å²) in [5, 5.41) is 9.53. The zero-order valence-electron chi connectivity index (χ0n) is 13.6. The number of carboxylic acid groups (broad SMARTS) is 1. The van der Waals surface area contributed by atoms with Crippen LogP contribution in [-0.4, -0.2) is 48.8 Å². The number of carboxylic acids is 1. The number of hydrogen-bond donors (Lipinski definition) is 1. The van der Waals surface area contributed by atoms with Gasteiger partial charge in [-0.25, -0.2) is 0 Å². The lowest BCUT2D eigenvalue weighted by molar-refractivity contribution is -0.146. The highest BCUT2D eigenvalue weighted by molar-refractivity contribution is 5.71. The zero-order chi connectivity index (χ0) is 15.2. The van der Waals surface area contributed by atoms with Crippen molar-refractivity contribution in [2.75, 3.05) is 26.8 Å². The minimum Gasteiger partial charge on any atom is -0.481 e. The summed E-state index contributed by atoms with van der Waals surface area (Å²) in [4.78, 5) is 13.9. The van der Waals surface area contributed by atoms with Crippen molar-refractivity contribution < 1.29 is 14.6 Å². The van der Waals surface area contributed by atoms with E-state index >= 15 is 0 Å². The maximum atomic E-state index is 11.6. The number of rotatable bonds is 6. The Morgan fingerprint density at radius 1 is 1.29 bits per heavy atom. The Labute approximate surface area is 128 Å². The van der Waals surface area contributed by atoms with Crippen LogP contribution in [0.3, 0.4) is 0 Å². The van der Waals surface area contributed by atoms with Gasteiger partial charge in [0, 0.05) is 19.2 Å². The van der Waals surface area contributed by atoms with Gasteiger partial charge < -0.3 is 14.7 Å². The van der Waals surface area contributed by atoms with Crippen LogP contribution >= 0.6 is 0 Å². The second-order valence-corrected chi connectivity index (χ2v) is 7.00. The molecule has 1 N–H and O–H groups in total. The van der Waals surface area contributed by atoms with E-state index in [1.54, 1.807) is 0 Å². The lowest BCUT2D eigenvalue weighted by Crippen LogP contribution is -2.47. The van der Waals surface area contributed by atoms with Gasteiger partial charge in [0.15, 0.2) is 0 Å². The van der Waals surface area contributed by atoms with Crippen LogP contribution in [0.15, 0.2) is 0 Å². The monoisotopic (exact) mass is 297 g/mol. The third kappa shape index (κ3) is 4.68. The molecule has 4 nitrogen and oxygen atoms in total. The van der Waals surface area contributed by atoms with E-state index in [1.165, 1.54) is 19.3 Å². The van der Waals surface area contributed by atoms with Crippen LogP contribution < -0.4 is 0 Å². The highest BCUT2D eigenvalue weighted by Crippen LogP contribution is 2.35. The molecule has 4 unspecified atom stereocenters. The summed E-state index contributed by atoms with van der Waals surface area (Å²) in [5.41, 5.74) is 0. The topological polar surface area (TPSA) is 49.8 Å². The van der Waals surface area contributed by atoms with Crippen LogP contribution in [0.1, 0.15) is 51.9 Å². The van der Waals surface area contributed by atoms with Crippen LogP contribution in [0.5, 0.6) is 0 Å². The standard InChI is InChI=1S/C17H31NO3/c1-3-5-13-7-8-15(17(19)20)16(10-13)18(2)11-14-6-4-9-21-12-14/h13-16H,3-12H2,1-2H3,(H,19,20). The first kappa shape index (κ1) is 16.8. The first-order chi connectivity index (χ1) is 10.1. The van der Waals surface area contributed by atoms with Gasteiger partial charge in [0.1, 0.15) is 0 Å². The number of aliphatic carboxylic acids is 1. The van der Waals surface area contributed by atoms with Crippen LogP contribution in [0.4, 0.5) is 0 Å². The zero-order valence-corrected chi connectivity index (χ0v) is 13.6. The van der Waals surface area contributed by atoms with E-state index in [0.29, 0.717) is 11.8 Å². The summed E-state index contributed by atoms with van der Waals surface area (Å²) in [6.07, 6.45) is 7.78. The lowest BCUT2D eigenvalue weighted by Gasteiger charge is -2.41. The molecule has 2 rings (SSSR count). The summed E-state index contributed by atoms with van der Waals surface area (Å²) in [7, 11) is 2.11. The number of nitrogens with zero attached hydrogens (tertiary/aromatic N) is 1. The predicted molar refractivity (Wildman–Crippen MR) is 83.3 cm³/mol. The van der Waals surface area contributed by atoms with Gasteiger partial charge in [0.25, 0.3) is 0 Å². The Hall–Kier alpha value is -0.610. The smallest absolute Gasteiger partial charge is 0.308 e. The van der Waals surface area contributed by atoms with Gasteiger partial charge in [-0.3, -0.25) is 4.79 Å². The van der Waals surface area contributed by atoms with Crippen molar-refractivity contribution in [3.63, 3.8) is 0 Å². The molecule has 1 saturated heterocycles. The summed E-state index contributed by atoms with van der Waals surface area (Å²) in [6.45, 7) is 4.93. The molecule has 1 saturated carbocycles. The second-order valence-electron chi connectivity index (χ2n) is 7.00. The van der Waals surface area contributed by atoms with Crippen molar-refractivity contribution in [3.05, 3.63) is 0 Å². The highest BCUT2D eigenvalue weighted by atomic mass is 16.5. The van der Waals surface area contributed by atoms with Crippen LogP contribution in [0, 0.1) is 17.8 Å². The largest absolute Gasteiger partial charge is 0.481 e. The molecule has 2 aliphatic rings. The summed E-state index contributed by atoms with van der Waals surface area (Å²) in [5.74, 6) is 0.486. The van der Waals surface area contributed by atoms with E-state index in [-0.39, 0.29) is 12.0 Å². The van der Waals surface area contributed by atoms with Crippen LogP contribution in [-0.2, 0) is 9.53 Å². The van der Waals surface area contributed by atoms with E-state index in [2.05, 4.69) is 18.9 Å². The quantitative estimate of drug-likeness (QED) is 0.819. The third-order valence-electron chi connectivity index (χ3n) is 5.31. The Morgan fingerprint density at radius 2 is 2.10 bits per heavy atom. The summed E-state index contributed by atoms with van der Waals surface area (Å²) < 4.78 is 5.56. The Kier molecular flexibility index (Phi) is 6.49. The average molecular weight is 297 g/mol. The van der Waals surface area contributed by atoms with E-state index < -0.39 is 5.97 Å². The first-order valence-electron chi connectivity index (χ1n) is 8.62. The number of hydrogen-bond acceptors (Lipinski definition) is 3. The normalized spacial score (nSPS) is 34.0. The van der Waals surface area contributed by atoms with Gasteiger partial charge in [0.05, 0.1) is 12.5 Å². The van der Waals surface area contributed by atoms with Gasteiger partial charge in [-0.2, -0.15) is 0 Å². The van der Waals surface area contributed by atoms with Crippen LogP contribution in [0.25, 0.3) is 0 Å². The SMILES string of the molecule is CCCC1CCC(C(=O)O)C(N(C)CC2CCCOC2)C1. The minimum absolute atomic E-state index is 0.187. The predicted octanol–water partition coefficient (Wildman–Crippen LogP) is 3.01. The molecule has 21 heavy (non-hydrogen) atoms. The molecule has 122 valence electrons. The molecule has 4 heteroatoms. The lowest BCUT2D eigenvalue weighted by atomic mass is 9.76. The fourth-order valence-electron chi connectivity index (χ4n) is 4.17. The molecule has 0 spiro atoms. The number of ether oxygens (including phenoxy) is 1. The summed E-state index contributed by atoms with van der Waals surface area (Å²) in [6, 6.07) is 0.203.